The number of amides is 1. The molecule has 1 saturated heterocycles. The van der Waals surface area contributed by atoms with Gasteiger partial charge in [0.2, 0.25) is 0 Å². The fraction of sp³-hybridized carbons (Fsp3) is 0.462. The SMILES string of the molecule is Cc1ccccc1C(=O)N1CCOC(CN)C1. The Kier molecular flexibility index (Phi) is 3.76. The third-order valence-corrected chi connectivity index (χ3v) is 3.06. The molecule has 1 amide bonds. The van der Waals surface area contributed by atoms with Gasteiger partial charge in [-0.1, -0.05) is 18.2 Å². The van der Waals surface area contributed by atoms with Crippen molar-refractivity contribution in [3.8, 4) is 0 Å². The highest BCUT2D eigenvalue weighted by Gasteiger charge is 2.24. The number of benzene rings is 1. The lowest BCUT2D eigenvalue weighted by molar-refractivity contribution is -0.0167. The van der Waals surface area contributed by atoms with Gasteiger partial charge in [0.05, 0.1) is 12.7 Å². The van der Waals surface area contributed by atoms with Crippen LogP contribution in [-0.4, -0.2) is 43.2 Å². The van der Waals surface area contributed by atoms with E-state index in [4.69, 9.17) is 10.5 Å². The van der Waals surface area contributed by atoms with Gasteiger partial charge in [-0.15, -0.1) is 0 Å². The summed E-state index contributed by atoms with van der Waals surface area (Å²) in [6.07, 6.45) is -0.0308. The van der Waals surface area contributed by atoms with E-state index >= 15 is 0 Å². The Labute approximate surface area is 101 Å². The predicted octanol–water partition coefficient (Wildman–Crippen LogP) is 0.795. The predicted molar refractivity (Wildman–Crippen MR) is 65.9 cm³/mol. The van der Waals surface area contributed by atoms with Crippen molar-refractivity contribution >= 4 is 5.91 Å². The number of morpholine rings is 1. The number of aryl methyl sites for hydroxylation is 1. The van der Waals surface area contributed by atoms with Gasteiger partial charge in [0.15, 0.2) is 0 Å². The molecule has 0 spiro atoms. The highest BCUT2D eigenvalue weighted by atomic mass is 16.5. The topological polar surface area (TPSA) is 55.6 Å². The number of nitrogens with zero attached hydrogens (tertiary/aromatic N) is 1. The summed E-state index contributed by atoms with van der Waals surface area (Å²) in [5.74, 6) is 0.0739. The molecule has 1 aromatic rings. The van der Waals surface area contributed by atoms with Crippen molar-refractivity contribution in [1.82, 2.24) is 4.90 Å². The molecule has 1 fully saturated rings. The second-order valence-electron chi connectivity index (χ2n) is 4.29. The molecule has 1 unspecified atom stereocenters. The number of rotatable bonds is 2. The highest BCUT2D eigenvalue weighted by Crippen LogP contribution is 2.13. The molecule has 0 aromatic heterocycles. The minimum Gasteiger partial charge on any atom is -0.373 e. The van der Waals surface area contributed by atoms with Crippen molar-refractivity contribution in [3.05, 3.63) is 35.4 Å². The maximum atomic E-state index is 12.3. The van der Waals surface area contributed by atoms with E-state index in [0.29, 0.717) is 26.2 Å². The summed E-state index contributed by atoms with van der Waals surface area (Å²) >= 11 is 0. The molecular formula is C13H18N2O2. The van der Waals surface area contributed by atoms with Crippen LogP contribution in [0.25, 0.3) is 0 Å². The van der Waals surface area contributed by atoms with E-state index in [2.05, 4.69) is 0 Å². The Bertz CT molecular complexity index is 406. The molecule has 2 N–H and O–H groups in total. The Morgan fingerprint density at radius 3 is 3.00 bits per heavy atom. The third-order valence-electron chi connectivity index (χ3n) is 3.06. The van der Waals surface area contributed by atoms with Gasteiger partial charge in [-0.25, -0.2) is 0 Å². The van der Waals surface area contributed by atoms with Crippen molar-refractivity contribution in [1.29, 1.82) is 0 Å². The maximum absolute atomic E-state index is 12.3. The summed E-state index contributed by atoms with van der Waals surface area (Å²) < 4.78 is 5.45. The summed E-state index contributed by atoms with van der Waals surface area (Å²) in [5, 5.41) is 0. The zero-order chi connectivity index (χ0) is 12.3. The lowest BCUT2D eigenvalue weighted by Crippen LogP contribution is -2.48. The second-order valence-corrected chi connectivity index (χ2v) is 4.29. The Morgan fingerprint density at radius 1 is 1.53 bits per heavy atom. The van der Waals surface area contributed by atoms with Crippen LogP contribution >= 0.6 is 0 Å². The van der Waals surface area contributed by atoms with Gasteiger partial charge in [0.25, 0.3) is 5.91 Å². The molecule has 17 heavy (non-hydrogen) atoms. The molecule has 1 aliphatic heterocycles. The molecule has 1 aliphatic rings. The standard InChI is InChI=1S/C13H18N2O2/c1-10-4-2-3-5-12(10)13(16)15-6-7-17-11(8-14)9-15/h2-5,11H,6-9,14H2,1H3. The maximum Gasteiger partial charge on any atom is 0.254 e. The lowest BCUT2D eigenvalue weighted by atomic mass is 10.1. The highest BCUT2D eigenvalue weighted by molar-refractivity contribution is 5.95. The number of hydrogen-bond acceptors (Lipinski definition) is 3. The zero-order valence-electron chi connectivity index (χ0n) is 10.1. The number of nitrogens with two attached hydrogens (primary N) is 1. The molecule has 0 radical (unpaired) electrons. The largest absolute Gasteiger partial charge is 0.373 e. The van der Waals surface area contributed by atoms with Gasteiger partial charge in [-0.2, -0.15) is 0 Å². The van der Waals surface area contributed by atoms with E-state index in [-0.39, 0.29) is 12.0 Å². The number of carbonyl (C=O) groups is 1. The average Bonchev–Trinajstić information content (AvgIpc) is 2.38. The van der Waals surface area contributed by atoms with Crippen molar-refractivity contribution in [2.24, 2.45) is 5.73 Å². The first-order valence-electron chi connectivity index (χ1n) is 5.89. The zero-order valence-corrected chi connectivity index (χ0v) is 10.1. The smallest absolute Gasteiger partial charge is 0.254 e. The Balaban J connectivity index is 2.12. The molecule has 0 bridgehead atoms. The molecule has 1 aromatic carbocycles. The van der Waals surface area contributed by atoms with Crippen LogP contribution in [-0.2, 0) is 4.74 Å². The summed E-state index contributed by atoms with van der Waals surface area (Å²) in [5.41, 5.74) is 7.35. The Morgan fingerprint density at radius 2 is 2.29 bits per heavy atom. The summed E-state index contributed by atoms with van der Waals surface area (Å²) in [6, 6.07) is 7.65. The van der Waals surface area contributed by atoms with E-state index in [1.807, 2.05) is 36.1 Å². The van der Waals surface area contributed by atoms with Crippen LogP contribution < -0.4 is 5.73 Å². The fourth-order valence-corrected chi connectivity index (χ4v) is 2.03. The van der Waals surface area contributed by atoms with E-state index in [9.17, 15) is 4.79 Å². The number of carbonyl (C=O) groups excluding carboxylic acids is 1. The van der Waals surface area contributed by atoms with Crippen molar-refractivity contribution < 1.29 is 9.53 Å². The lowest BCUT2D eigenvalue weighted by Gasteiger charge is -2.32. The molecule has 4 heteroatoms. The van der Waals surface area contributed by atoms with Gasteiger partial charge in [-0.05, 0) is 18.6 Å². The average molecular weight is 234 g/mol. The van der Waals surface area contributed by atoms with Crippen LogP contribution in [0.4, 0.5) is 0 Å². The van der Waals surface area contributed by atoms with Crippen molar-refractivity contribution in [2.75, 3.05) is 26.2 Å². The fourth-order valence-electron chi connectivity index (χ4n) is 2.03. The van der Waals surface area contributed by atoms with Crippen LogP contribution in [0.3, 0.4) is 0 Å². The molecule has 1 atom stereocenters. The molecular weight excluding hydrogens is 216 g/mol. The van der Waals surface area contributed by atoms with Crippen LogP contribution in [0.1, 0.15) is 15.9 Å². The first-order chi connectivity index (χ1) is 8.22. The monoisotopic (exact) mass is 234 g/mol. The van der Waals surface area contributed by atoms with Crippen molar-refractivity contribution in [2.45, 2.75) is 13.0 Å². The first kappa shape index (κ1) is 12.1. The van der Waals surface area contributed by atoms with Gasteiger partial charge in [0.1, 0.15) is 0 Å². The minimum absolute atomic E-state index is 0.0308. The van der Waals surface area contributed by atoms with Crippen molar-refractivity contribution in [3.63, 3.8) is 0 Å². The van der Waals surface area contributed by atoms with Gasteiger partial charge in [0, 0.05) is 25.2 Å². The second kappa shape index (κ2) is 5.29. The number of ether oxygens (including phenoxy) is 1. The first-order valence-corrected chi connectivity index (χ1v) is 5.89. The summed E-state index contributed by atoms with van der Waals surface area (Å²) in [7, 11) is 0. The normalized spacial score (nSPS) is 20.4. The minimum atomic E-state index is -0.0308. The molecule has 2 rings (SSSR count). The van der Waals surface area contributed by atoms with Crippen LogP contribution in [0, 0.1) is 6.92 Å². The number of hydrogen-bond donors (Lipinski definition) is 1. The third kappa shape index (κ3) is 2.65. The van der Waals surface area contributed by atoms with E-state index in [1.54, 1.807) is 0 Å². The Hall–Kier alpha value is -1.39. The molecule has 92 valence electrons. The van der Waals surface area contributed by atoms with Gasteiger partial charge in [-0.3, -0.25) is 4.79 Å². The molecule has 4 nitrogen and oxygen atoms in total. The van der Waals surface area contributed by atoms with E-state index in [1.165, 1.54) is 0 Å². The van der Waals surface area contributed by atoms with Crippen LogP contribution in [0.5, 0.6) is 0 Å². The quantitative estimate of drug-likeness (QED) is 0.823. The van der Waals surface area contributed by atoms with E-state index < -0.39 is 0 Å². The summed E-state index contributed by atoms with van der Waals surface area (Å²) in [4.78, 5) is 14.1. The molecule has 1 heterocycles. The summed E-state index contributed by atoms with van der Waals surface area (Å²) in [6.45, 7) is 4.21. The van der Waals surface area contributed by atoms with Crippen LogP contribution in [0.2, 0.25) is 0 Å². The van der Waals surface area contributed by atoms with Gasteiger partial charge >= 0.3 is 0 Å². The molecule has 0 saturated carbocycles. The van der Waals surface area contributed by atoms with Gasteiger partial charge < -0.3 is 15.4 Å². The van der Waals surface area contributed by atoms with E-state index in [0.717, 1.165) is 11.1 Å². The van der Waals surface area contributed by atoms with Crippen LogP contribution in [0.15, 0.2) is 24.3 Å². The molecule has 0 aliphatic carbocycles.